The zero-order chi connectivity index (χ0) is 13.6. The standard InChI is InChI=1S/C10H18N2O5/c1-10(2,9(16)17-3)12-8(15)6(11)4-5-7(13)14/h6H,4-5,11H2,1-3H3,(H,12,15)(H,13,14). The maximum Gasteiger partial charge on any atom is 0.330 e. The Hall–Kier alpha value is -1.63. The van der Waals surface area contributed by atoms with E-state index in [0.29, 0.717) is 0 Å². The topological polar surface area (TPSA) is 119 Å². The van der Waals surface area contributed by atoms with Gasteiger partial charge in [0.05, 0.1) is 13.2 Å². The number of hydrogen-bond donors (Lipinski definition) is 3. The summed E-state index contributed by atoms with van der Waals surface area (Å²) in [6, 6.07) is -0.963. The van der Waals surface area contributed by atoms with Gasteiger partial charge in [0, 0.05) is 6.42 Å². The van der Waals surface area contributed by atoms with Gasteiger partial charge >= 0.3 is 11.9 Å². The van der Waals surface area contributed by atoms with Crippen LogP contribution >= 0.6 is 0 Å². The minimum Gasteiger partial charge on any atom is -0.481 e. The van der Waals surface area contributed by atoms with Crippen LogP contribution in [0.2, 0.25) is 0 Å². The number of nitrogens with one attached hydrogen (secondary N) is 1. The lowest BCUT2D eigenvalue weighted by molar-refractivity contribution is -0.149. The second-order valence-corrected chi connectivity index (χ2v) is 4.14. The molecule has 98 valence electrons. The van der Waals surface area contributed by atoms with Crippen LogP contribution < -0.4 is 11.1 Å². The molecule has 1 unspecified atom stereocenters. The minimum absolute atomic E-state index is 0.0123. The molecule has 0 aliphatic rings. The van der Waals surface area contributed by atoms with Crippen molar-refractivity contribution in [2.45, 2.75) is 38.3 Å². The Morgan fingerprint density at radius 3 is 2.35 bits per heavy atom. The van der Waals surface area contributed by atoms with Crippen LogP contribution in [0.4, 0.5) is 0 Å². The molecule has 0 saturated carbocycles. The molecular formula is C10H18N2O5. The lowest BCUT2D eigenvalue weighted by Crippen LogP contribution is -2.55. The highest BCUT2D eigenvalue weighted by atomic mass is 16.5. The van der Waals surface area contributed by atoms with E-state index in [1.165, 1.54) is 21.0 Å². The number of carbonyl (C=O) groups excluding carboxylic acids is 2. The van der Waals surface area contributed by atoms with Gasteiger partial charge < -0.3 is 20.9 Å². The number of rotatable bonds is 6. The average molecular weight is 246 g/mol. The summed E-state index contributed by atoms with van der Waals surface area (Å²) in [5.74, 6) is -2.21. The Balaban J connectivity index is 4.33. The van der Waals surface area contributed by atoms with E-state index >= 15 is 0 Å². The Morgan fingerprint density at radius 1 is 1.41 bits per heavy atom. The summed E-state index contributed by atoms with van der Waals surface area (Å²) in [5.41, 5.74) is 4.30. The van der Waals surface area contributed by atoms with Crippen LogP contribution in [0.25, 0.3) is 0 Å². The molecule has 7 heteroatoms. The van der Waals surface area contributed by atoms with Gasteiger partial charge in [-0.15, -0.1) is 0 Å². The van der Waals surface area contributed by atoms with E-state index in [1.54, 1.807) is 0 Å². The van der Waals surface area contributed by atoms with Crippen molar-refractivity contribution in [1.29, 1.82) is 0 Å². The molecule has 0 aromatic rings. The number of esters is 1. The number of nitrogens with two attached hydrogens (primary N) is 1. The van der Waals surface area contributed by atoms with Crippen LogP contribution in [0, 0.1) is 0 Å². The number of ether oxygens (including phenoxy) is 1. The number of hydrogen-bond acceptors (Lipinski definition) is 5. The second-order valence-electron chi connectivity index (χ2n) is 4.14. The number of carbonyl (C=O) groups is 3. The van der Waals surface area contributed by atoms with Crippen molar-refractivity contribution in [3.05, 3.63) is 0 Å². The lowest BCUT2D eigenvalue weighted by atomic mass is 10.0. The van der Waals surface area contributed by atoms with Crippen molar-refractivity contribution in [2.75, 3.05) is 7.11 Å². The molecule has 0 radical (unpaired) electrons. The first-order chi connectivity index (χ1) is 7.70. The van der Waals surface area contributed by atoms with E-state index in [9.17, 15) is 14.4 Å². The SMILES string of the molecule is COC(=O)C(C)(C)NC(=O)C(N)CCC(=O)O. The van der Waals surface area contributed by atoms with Crippen molar-refractivity contribution in [3.63, 3.8) is 0 Å². The quantitative estimate of drug-likeness (QED) is 0.530. The monoisotopic (exact) mass is 246 g/mol. The maximum atomic E-state index is 11.6. The first-order valence-electron chi connectivity index (χ1n) is 5.08. The number of methoxy groups -OCH3 is 1. The molecule has 0 spiro atoms. The summed E-state index contributed by atoms with van der Waals surface area (Å²) in [6.07, 6.45) is -0.189. The molecule has 1 amide bonds. The summed E-state index contributed by atoms with van der Waals surface area (Å²) < 4.78 is 4.51. The second kappa shape index (κ2) is 6.19. The first-order valence-corrected chi connectivity index (χ1v) is 5.08. The molecular weight excluding hydrogens is 228 g/mol. The Morgan fingerprint density at radius 2 is 1.94 bits per heavy atom. The minimum atomic E-state index is -1.19. The van der Waals surface area contributed by atoms with Gasteiger partial charge in [0.1, 0.15) is 5.54 Å². The van der Waals surface area contributed by atoms with E-state index in [0.717, 1.165) is 0 Å². The fraction of sp³-hybridized carbons (Fsp3) is 0.700. The van der Waals surface area contributed by atoms with E-state index in [1.807, 2.05) is 0 Å². The van der Waals surface area contributed by atoms with Gasteiger partial charge in [-0.3, -0.25) is 9.59 Å². The van der Waals surface area contributed by atoms with Crippen molar-refractivity contribution < 1.29 is 24.2 Å². The summed E-state index contributed by atoms with van der Waals surface area (Å²) >= 11 is 0. The van der Waals surface area contributed by atoms with Gasteiger partial charge in [-0.05, 0) is 20.3 Å². The molecule has 1 atom stereocenters. The molecule has 0 rings (SSSR count). The third-order valence-electron chi connectivity index (χ3n) is 2.14. The van der Waals surface area contributed by atoms with E-state index in [4.69, 9.17) is 10.8 Å². The highest BCUT2D eigenvalue weighted by molar-refractivity contribution is 5.89. The fourth-order valence-electron chi connectivity index (χ4n) is 1.12. The van der Waals surface area contributed by atoms with Crippen LogP contribution in [-0.4, -0.2) is 41.6 Å². The molecule has 7 nitrogen and oxygen atoms in total. The molecule has 0 aliphatic heterocycles. The molecule has 0 aromatic carbocycles. The first kappa shape index (κ1) is 15.4. The number of carboxylic acid groups (broad SMARTS) is 1. The van der Waals surface area contributed by atoms with Crippen molar-refractivity contribution >= 4 is 17.8 Å². The molecule has 0 aromatic heterocycles. The highest BCUT2D eigenvalue weighted by Crippen LogP contribution is 2.06. The maximum absolute atomic E-state index is 11.6. The van der Waals surface area contributed by atoms with Crippen LogP contribution in [0.5, 0.6) is 0 Å². The summed E-state index contributed by atoms with van der Waals surface area (Å²) in [6.45, 7) is 2.95. The summed E-state index contributed by atoms with van der Waals surface area (Å²) in [7, 11) is 1.21. The van der Waals surface area contributed by atoms with Gasteiger partial charge in [-0.2, -0.15) is 0 Å². The van der Waals surface area contributed by atoms with Gasteiger partial charge in [0.25, 0.3) is 0 Å². The molecule has 0 bridgehead atoms. The zero-order valence-electron chi connectivity index (χ0n) is 10.1. The lowest BCUT2D eigenvalue weighted by Gasteiger charge is -2.24. The van der Waals surface area contributed by atoms with Gasteiger partial charge in [-0.25, -0.2) is 4.79 Å². The molecule has 0 fully saturated rings. The predicted molar refractivity (Wildman–Crippen MR) is 59.1 cm³/mol. The normalized spacial score (nSPS) is 12.7. The number of aliphatic carboxylic acids is 1. The van der Waals surface area contributed by atoms with Crippen molar-refractivity contribution in [3.8, 4) is 0 Å². The molecule has 0 aliphatic carbocycles. The Kier molecular flexibility index (Phi) is 5.60. The largest absolute Gasteiger partial charge is 0.481 e. The van der Waals surface area contributed by atoms with Crippen molar-refractivity contribution in [1.82, 2.24) is 5.32 Å². The Labute approximate surface area is 99.3 Å². The van der Waals surface area contributed by atoms with Crippen LogP contribution in [0.15, 0.2) is 0 Å². The zero-order valence-corrected chi connectivity index (χ0v) is 10.1. The molecule has 0 saturated heterocycles. The smallest absolute Gasteiger partial charge is 0.330 e. The van der Waals surface area contributed by atoms with E-state index < -0.39 is 29.4 Å². The average Bonchev–Trinajstić information content (AvgIpc) is 2.23. The van der Waals surface area contributed by atoms with E-state index in [-0.39, 0.29) is 12.8 Å². The fourth-order valence-corrected chi connectivity index (χ4v) is 1.12. The van der Waals surface area contributed by atoms with Crippen molar-refractivity contribution in [2.24, 2.45) is 5.73 Å². The predicted octanol–water partition coefficient (Wildman–Crippen LogP) is -0.754. The number of amides is 1. The third kappa shape index (κ3) is 5.30. The number of carboxylic acids is 1. The van der Waals surface area contributed by atoms with Crippen LogP contribution in [-0.2, 0) is 19.1 Å². The summed E-state index contributed by atoms with van der Waals surface area (Å²) in [4.78, 5) is 33.1. The van der Waals surface area contributed by atoms with Crippen LogP contribution in [0.1, 0.15) is 26.7 Å². The molecule has 17 heavy (non-hydrogen) atoms. The summed E-state index contributed by atoms with van der Waals surface area (Å²) in [5, 5.41) is 10.8. The van der Waals surface area contributed by atoms with Gasteiger partial charge in [0.15, 0.2) is 0 Å². The van der Waals surface area contributed by atoms with Gasteiger partial charge in [0.2, 0.25) is 5.91 Å². The Bertz CT molecular complexity index is 314. The molecule has 4 N–H and O–H groups in total. The van der Waals surface area contributed by atoms with E-state index in [2.05, 4.69) is 10.1 Å². The highest BCUT2D eigenvalue weighted by Gasteiger charge is 2.32. The van der Waals surface area contributed by atoms with Gasteiger partial charge in [-0.1, -0.05) is 0 Å². The molecule has 0 heterocycles. The van der Waals surface area contributed by atoms with Crippen LogP contribution in [0.3, 0.4) is 0 Å². The third-order valence-corrected chi connectivity index (χ3v) is 2.14.